The average Bonchev–Trinajstić information content (AvgIpc) is 2.75. The second kappa shape index (κ2) is 9.20. The highest BCUT2D eigenvalue weighted by Gasteiger charge is 2.08. The molecule has 30 heavy (non-hydrogen) atoms. The zero-order valence-electron chi connectivity index (χ0n) is 15.4. The summed E-state index contributed by atoms with van der Waals surface area (Å²) in [5.74, 6) is -1.34. The second-order valence-corrected chi connectivity index (χ2v) is 6.09. The standard InChI is InChI=1S/C21H15FN4O4/c22-17-8-4-15(5-9-17)20(27)24-18-10-6-16(7-11-18)21(28)25-23-13-14-2-1-3-19(12-14)26(29)30/h1-13H,(H,24,27)(H,25,28)/b23-13-. The van der Waals surface area contributed by atoms with Crippen LogP contribution in [0.4, 0.5) is 15.8 Å². The van der Waals surface area contributed by atoms with Gasteiger partial charge in [0.1, 0.15) is 5.82 Å². The van der Waals surface area contributed by atoms with E-state index in [0.717, 1.165) is 0 Å². The first kappa shape index (κ1) is 20.3. The lowest BCUT2D eigenvalue weighted by molar-refractivity contribution is -0.384. The van der Waals surface area contributed by atoms with Crippen LogP contribution in [0.2, 0.25) is 0 Å². The molecule has 3 aromatic rings. The molecule has 2 amide bonds. The fourth-order valence-electron chi connectivity index (χ4n) is 2.46. The van der Waals surface area contributed by atoms with Crippen LogP contribution in [0, 0.1) is 15.9 Å². The summed E-state index contributed by atoms with van der Waals surface area (Å²) in [7, 11) is 0. The van der Waals surface area contributed by atoms with E-state index in [9.17, 15) is 24.1 Å². The topological polar surface area (TPSA) is 114 Å². The molecule has 0 radical (unpaired) electrons. The fraction of sp³-hybridized carbons (Fsp3) is 0. The van der Waals surface area contributed by atoms with Crippen molar-refractivity contribution in [2.45, 2.75) is 0 Å². The van der Waals surface area contributed by atoms with Crippen LogP contribution < -0.4 is 10.7 Å². The van der Waals surface area contributed by atoms with Crippen molar-refractivity contribution in [1.82, 2.24) is 5.43 Å². The van der Waals surface area contributed by atoms with E-state index in [4.69, 9.17) is 0 Å². The molecule has 150 valence electrons. The number of nitro benzene ring substituents is 1. The lowest BCUT2D eigenvalue weighted by atomic mass is 10.1. The number of non-ortho nitro benzene ring substituents is 1. The Balaban J connectivity index is 1.58. The third-order valence-corrected chi connectivity index (χ3v) is 3.97. The van der Waals surface area contributed by atoms with Crippen molar-refractivity contribution in [2.75, 3.05) is 5.32 Å². The first-order chi connectivity index (χ1) is 14.4. The molecule has 0 atom stereocenters. The maximum absolute atomic E-state index is 12.9. The molecule has 3 rings (SSSR count). The second-order valence-electron chi connectivity index (χ2n) is 6.09. The Morgan fingerprint density at radius 1 is 0.933 bits per heavy atom. The molecule has 0 saturated carbocycles. The summed E-state index contributed by atoms with van der Waals surface area (Å²) < 4.78 is 12.9. The van der Waals surface area contributed by atoms with Gasteiger partial charge in [0.2, 0.25) is 0 Å². The minimum Gasteiger partial charge on any atom is -0.322 e. The van der Waals surface area contributed by atoms with Crippen molar-refractivity contribution >= 4 is 29.4 Å². The van der Waals surface area contributed by atoms with Crippen molar-refractivity contribution in [3.05, 3.63) is 105 Å². The van der Waals surface area contributed by atoms with E-state index in [0.29, 0.717) is 22.4 Å². The highest BCUT2D eigenvalue weighted by atomic mass is 19.1. The maximum Gasteiger partial charge on any atom is 0.271 e. The minimum absolute atomic E-state index is 0.0800. The van der Waals surface area contributed by atoms with E-state index in [1.54, 1.807) is 18.2 Å². The van der Waals surface area contributed by atoms with Gasteiger partial charge in [0.25, 0.3) is 17.5 Å². The molecule has 0 fully saturated rings. The number of nitro groups is 1. The molecular weight excluding hydrogens is 391 g/mol. The van der Waals surface area contributed by atoms with Gasteiger partial charge in [-0.15, -0.1) is 0 Å². The van der Waals surface area contributed by atoms with E-state index in [1.807, 2.05) is 0 Å². The summed E-state index contributed by atoms with van der Waals surface area (Å²) in [5.41, 5.74) is 3.76. The van der Waals surface area contributed by atoms with Crippen LogP contribution in [0.1, 0.15) is 26.3 Å². The number of benzene rings is 3. The first-order valence-corrected chi connectivity index (χ1v) is 8.67. The van der Waals surface area contributed by atoms with Gasteiger partial charge in [0, 0.05) is 34.5 Å². The van der Waals surface area contributed by atoms with Gasteiger partial charge in [-0.3, -0.25) is 19.7 Å². The maximum atomic E-state index is 12.9. The monoisotopic (exact) mass is 406 g/mol. The number of carbonyl (C=O) groups excluding carboxylic acids is 2. The normalized spacial score (nSPS) is 10.6. The van der Waals surface area contributed by atoms with Gasteiger partial charge < -0.3 is 5.32 Å². The summed E-state index contributed by atoms with van der Waals surface area (Å²) >= 11 is 0. The van der Waals surface area contributed by atoms with Gasteiger partial charge >= 0.3 is 0 Å². The fourth-order valence-corrected chi connectivity index (χ4v) is 2.46. The zero-order valence-corrected chi connectivity index (χ0v) is 15.4. The Kier molecular flexibility index (Phi) is 6.23. The Hall–Kier alpha value is -4.40. The Morgan fingerprint density at radius 2 is 1.57 bits per heavy atom. The Bertz CT molecular complexity index is 1110. The number of carbonyl (C=O) groups is 2. The highest BCUT2D eigenvalue weighted by Crippen LogP contribution is 2.13. The predicted molar refractivity (Wildman–Crippen MR) is 109 cm³/mol. The van der Waals surface area contributed by atoms with Gasteiger partial charge in [-0.1, -0.05) is 12.1 Å². The lowest BCUT2D eigenvalue weighted by Gasteiger charge is -2.06. The van der Waals surface area contributed by atoms with Gasteiger partial charge in [0.15, 0.2) is 0 Å². The van der Waals surface area contributed by atoms with Crippen molar-refractivity contribution in [3.8, 4) is 0 Å². The number of amides is 2. The van der Waals surface area contributed by atoms with Crippen LogP contribution in [0.5, 0.6) is 0 Å². The van der Waals surface area contributed by atoms with Gasteiger partial charge in [-0.05, 0) is 48.5 Å². The molecule has 3 aromatic carbocycles. The summed E-state index contributed by atoms with van der Waals surface area (Å²) in [6, 6.07) is 17.0. The Morgan fingerprint density at radius 3 is 2.23 bits per heavy atom. The molecule has 0 bridgehead atoms. The number of halogens is 1. The summed E-state index contributed by atoms with van der Waals surface area (Å²) in [6.45, 7) is 0. The molecule has 0 saturated heterocycles. The van der Waals surface area contributed by atoms with E-state index < -0.39 is 22.6 Å². The molecule has 0 aliphatic rings. The molecule has 0 aromatic heterocycles. The van der Waals surface area contributed by atoms with Crippen molar-refractivity contribution in [3.63, 3.8) is 0 Å². The smallest absolute Gasteiger partial charge is 0.271 e. The molecule has 8 nitrogen and oxygen atoms in total. The molecule has 0 aliphatic carbocycles. The third kappa shape index (κ3) is 5.32. The van der Waals surface area contributed by atoms with Crippen molar-refractivity contribution in [1.29, 1.82) is 0 Å². The average molecular weight is 406 g/mol. The summed E-state index contributed by atoms with van der Waals surface area (Å²) in [5, 5.41) is 17.2. The lowest BCUT2D eigenvalue weighted by Crippen LogP contribution is -2.18. The van der Waals surface area contributed by atoms with Gasteiger partial charge in [-0.2, -0.15) is 5.10 Å². The molecular formula is C21H15FN4O4. The third-order valence-electron chi connectivity index (χ3n) is 3.97. The van der Waals surface area contributed by atoms with E-state index in [1.165, 1.54) is 60.8 Å². The van der Waals surface area contributed by atoms with Crippen LogP contribution >= 0.6 is 0 Å². The summed E-state index contributed by atoms with van der Waals surface area (Å²) in [4.78, 5) is 34.5. The number of hydrazone groups is 1. The van der Waals surface area contributed by atoms with Crippen molar-refractivity contribution in [2.24, 2.45) is 5.10 Å². The van der Waals surface area contributed by atoms with Gasteiger partial charge in [0.05, 0.1) is 11.1 Å². The quantitative estimate of drug-likeness (QED) is 0.369. The van der Waals surface area contributed by atoms with Crippen LogP contribution in [-0.2, 0) is 0 Å². The van der Waals surface area contributed by atoms with E-state index >= 15 is 0 Å². The Labute approximate surface area is 170 Å². The molecule has 2 N–H and O–H groups in total. The van der Waals surface area contributed by atoms with Crippen molar-refractivity contribution < 1.29 is 18.9 Å². The number of anilines is 1. The summed E-state index contributed by atoms with van der Waals surface area (Å²) in [6.07, 6.45) is 1.29. The number of hydrogen-bond donors (Lipinski definition) is 2. The molecule has 0 aliphatic heterocycles. The minimum atomic E-state index is -0.521. The largest absolute Gasteiger partial charge is 0.322 e. The number of hydrogen-bond acceptors (Lipinski definition) is 5. The van der Waals surface area contributed by atoms with E-state index in [-0.39, 0.29) is 5.69 Å². The number of rotatable bonds is 6. The van der Waals surface area contributed by atoms with Crippen LogP contribution in [0.15, 0.2) is 77.9 Å². The molecule has 0 unspecified atom stereocenters. The SMILES string of the molecule is O=C(N/N=C\c1cccc([N+](=O)[O-])c1)c1ccc(NC(=O)c2ccc(F)cc2)cc1. The number of nitrogens with one attached hydrogen (secondary N) is 2. The molecule has 0 spiro atoms. The molecule has 0 heterocycles. The van der Waals surface area contributed by atoms with E-state index in [2.05, 4.69) is 15.8 Å². The van der Waals surface area contributed by atoms with Crippen LogP contribution in [-0.4, -0.2) is 23.0 Å². The predicted octanol–water partition coefficient (Wildman–Crippen LogP) is 3.75. The first-order valence-electron chi connectivity index (χ1n) is 8.67. The highest BCUT2D eigenvalue weighted by molar-refractivity contribution is 6.04. The number of nitrogens with zero attached hydrogens (tertiary/aromatic N) is 2. The van der Waals surface area contributed by atoms with Gasteiger partial charge in [-0.25, -0.2) is 9.82 Å². The van der Waals surface area contributed by atoms with Crippen LogP contribution in [0.25, 0.3) is 0 Å². The zero-order chi connectivity index (χ0) is 21.5. The molecule has 9 heteroatoms. The van der Waals surface area contributed by atoms with Crippen LogP contribution in [0.3, 0.4) is 0 Å².